The largest absolute Gasteiger partial charge is 0.472 e. The molecular formula is C46H81O13P. The summed E-state index contributed by atoms with van der Waals surface area (Å²) < 4.78 is 33.5. The van der Waals surface area contributed by atoms with Crippen LogP contribution in [0.4, 0.5) is 0 Å². The molecule has 0 amide bonds. The fraction of sp³-hybridized carbons (Fsp3) is 0.783. The van der Waals surface area contributed by atoms with Gasteiger partial charge in [0.2, 0.25) is 0 Å². The lowest BCUT2D eigenvalue weighted by atomic mass is 9.85. The molecule has 0 spiro atoms. The molecule has 348 valence electrons. The van der Waals surface area contributed by atoms with Crippen molar-refractivity contribution in [2.45, 2.75) is 217 Å². The third-order valence-corrected chi connectivity index (χ3v) is 11.4. The van der Waals surface area contributed by atoms with Crippen LogP contribution < -0.4 is 0 Å². The summed E-state index contributed by atoms with van der Waals surface area (Å²) in [5, 5.41) is 50.1. The van der Waals surface area contributed by atoms with Crippen molar-refractivity contribution < 1.29 is 63.1 Å². The van der Waals surface area contributed by atoms with Crippen molar-refractivity contribution in [3.8, 4) is 0 Å². The van der Waals surface area contributed by atoms with Gasteiger partial charge in [0.1, 0.15) is 43.2 Å². The summed E-state index contributed by atoms with van der Waals surface area (Å²) in [4.78, 5) is 35.7. The van der Waals surface area contributed by atoms with E-state index in [-0.39, 0.29) is 12.8 Å². The van der Waals surface area contributed by atoms with Crippen molar-refractivity contribution in [3.63, 3.8) is 0 Å². The zero-order valence-corrected chi connectivity index (χ0v) is 37.6. The zero-order valence-electron chi connectivity index (χ0n) is 36.7. The fourth-order valence-electron chi connectivity index (χ4n) is 6.75. The van der Waals surface area contributed by atoms with Crippen LogP contribution in [0.5, 0.6) is 0 Å². The van der Waals surface area contributed by atoms with E-state index in [1.807, 2.05) is 0 Å². The van der Waals surface area contributed by atoms with Crippen molar-refractivity contribution >= 4 is 19.8 Å². The van der Waals surface area contributed by atoms with E-state index in [0.29, 0.717) is 12.8 Å². The second kappa shape index (κ2) is 36.3. The Bertz CT molecular complexity index is 1240. The van der Waals surface area contributed by atoms with E-state index in [1.165, 1.54) is 64.2 Å². The van der Waals surface area contributed by atoms with Crippen molar-refractivity contribution in [1.29, 1.82) is 0 Å². The second-order valence-electron chi connectivity index (χ2n) is 15.9. The predicted molar refractivity (Wildman–Crippen MR) is 235 cm³/mol. The number of aliphatic hydroxyl groups is 5. The van der Waals surface area contributed by atoms with E-state index < -0.39 is 75.7 Å². The topological polar surface area (TPSA) is 210 Å². The Morgan fingerprint density at radius 3 is 1.45 bits per heavy atom. The molecule has 6 N–H and O–H groups in total. The highest BCUT2D eigenvalue weighted by Crippen LogP contribution is 2.47. The van der Waals surface area contributed by atoms with Crippen LogP contribution in [-0.2, 0) is 32.7 Å². The minimum absolute atomic E-state index is 0.0688. The molecule has 0 bridgehead atoms. The van der Waals surface area contributed by atoms with Crippen LogP contribution in [0.1, 0.15) is 174 Å². The molecule has 1 saturated carbocycles. The molecule has 13 nitrogen and oxygen atoms in total. The summed E-state index contributed by atoms with van der Waals surface area (Å²) >= 11 is 0. The van der Waals surface area contributed by atoms with Crippen LogP contribution >= 0.6 is 7.82 Å². The number of rotatable bonds is 37. The van der Waals surface area contributed by atoms with Crippen LogP contribution in [-0.4, -0.2) is 98.3 Å². The molecule has 0 aromatic rings. The number of allylic oxidation sites excluding steroid dienone is 8. The van der Waals surface area contributed by atoms with Crippen LogP contribution in [0, 0.1) is 0 Å². The maximum atomic E-state index is 12.8. The fourth-order valence-corrected chi connectivity index (χ4v) is 7.72. The van der Waals surface area contributed by atoms with E-state index in [0.717, 1.165) is 70.6 Å². The first-order chi connectivity index (χ1) is 28.9. The normalized spacial score (nSPS) is 22.6. The lowest BCUT2D eigenvalue weighted by Crippen LogP contribution is -2.64. The lowest BCUT2D eigenvalue weighted by molar-refractivity contribution is -0.220. The Hall–Kier alpha value is -2.19. The molecule has 0 aliphatic heterocycles. The molecule has 6 unspecified atom stereocenters. The molecule has 0 aromatic carbocycles. The molecule has 60 heavy (non-hydrogen) atoms. The maximum Gasteiger partial charge on any atom is 0.472 e. The van der Waals surface area contributed by atoms with Crippen molar-refractivity contribution in [2.24, 2.45) is 0 Å². The quantitative estimate of drug-likeness (QED) is 0.0149. The number of unbranched alkanes of at least 4 members (excludes halogenated alkanes) is 17. The van der Waals surface area contributed by atoms with Crippen LogP contribution in [0.15, 0.2) is 48.6 Å². The molecule has 1 aliphatic carbocycles. The van der Waals surface area contributed by atoms with E-state index in [1.54, 1.807) is 0 Å². The second-order valence-corrected chi connectivity index (χ2v) is 17.3. The highest BCUT2D eigenvalue weighted by Gasteiger charge is 2.51. The number of aliphatic hydroxyl groups excluding tert-OH is 5. The average Bonchev–Trinajstić information content (AvgIpc) is 3.23. The van der Waals surface area contributed by atoms with Crippen molar-refractivity contribution in [1.82, 2.24) is 0 Å². The minimum Gasteiger partial charge on any atom is -0.462 e. The van der Waals surface area contributed by atoms with Crippen molar-refractivity contribution in [3.05, 3.63) is 48.6 Å². The summed E-state index contributed by atoms with van der Waals surface area (Å²) in [5.41, 5.74) is 0. The first-order valence-electron chi connectivity index (χ1n) is 22.9. The number of carbonyl (C=O) groups is 2. The highest BCUT2D eigenvalue weighted by molar-refractivity contribution is 7.47. The molecule has 14 heteroatoms. The number of hydrogen-bond acceptors (Lipinski definition) is 12. The molecule has 1 fully saturated rings. The Labute approximate surface area is 360 Å². The van der Waals surface area contributed by atoms with Gasteiger partial charge in [-0.3, -0.25) is 18.6 Å². The van der Waals surface area contributed by atoms with Gasteiger partial charge in [-0.05, 0) is 51.4 Å². The van der Waals surface area contributed by atoms with Gasteiger partial charge in [0.15, 0.2) is 6.10 Å². The molecule has 1 rings (SSSR count). The number of ether oxygens (including phenoxy) is 2. The lowest BCUT2D eigenvalue weighted by Gasteiger charge is -2.41. The number of esters is 2. The molecule has 6 atom stereocenters. The monoisotopic (exact) mass is 873 g/mol. The summed E-state index contributed by atoms with van der Waals surface area (Å²) in [6.45, 7) is 3.16. The van der Waals surface area contributed by atoms with E-state index in [9.17, 15) is 44.6 Å². The van der Waals surface area contributed by atoms with Gasteiger partial charge in [-0.1, -0.05) is 159 Å². The molecule has 0 heterocycles. The van der Waals surface area contributed by atoms with Gasteiger partial charge in [0.05, 0.1) is 6.61 Å². The van der Waals surface area contributed by atoms with Gasteiger partial charge < -0.3 is 39.9 Å². The number of phosphoric acid groups is 1. The van der Waals surface area contributed by atoms with Crippen LogP contribution in [0.3, 0.4) is 0 Å². The van der Waals surface area contributed by atoms with E-state index in [2.05, 4.69) is 62.5 Å². The summed E-state index contributed by atoms with van der Waals surface area (Å²) in [5.74, 6) is -1.13. The highest BCUT2D eigenvalue weighted by atomic mass is 31.2. The van der Waals surface area contributed by atoms with Gasteiger partial charge in [-0.25, -0.2) is 4.57 Å². The molecule has 0 saturated heterocycles. The number of phosphoric ester groups is 1. The van der Waals surface area contributed by atoms with Gasteiger partial charge in [0.25, 0.3) is 0 Å². The Morgan fingerprint density at radius 2 is 0.950 bits per heavy atom. The summed E-state index contributed by atoms with van der Waals surface area (Å²) in [6, 6.07) is 0. The average molecular weight is 873 g/mol. The molecule has 0 radical (unpaired) electrons. The first kappa shape index (κ1) is 55.8. The van der Waals surface area contributed by atoms with Gasteiger partial charge >= 0.3 is 19.8 Å². The third kappa shape index (κ3) is 28.4. The first-order valence-corrected chi connectivity index (χ1v) is 24.4. The van der Waals surface area contributed by atoms with E-state index >= 15 is 0 Å². The maximum absolute atomic E-state index is 12.8. The smallest absolute Gasteiger partial charge is 0.462 e. The van der Waals surface area contributed by atoms with E-state index in [4.69, 9.17) is 18.5 Å². The van der Waals surface area contributed by atoms with Gasteiger partial charge in [-0.2, -0.15) is 0 Å². The third-order valence-electron chi connectivity index (χ3n) is 10.4. The standard InChI is InChI=1S/C46H81O13P/c1-3-5-7-9-11-13-15-17-19-20-21-23-25-27-29-31-33-35-40(48)58-38(37-57-60(54,55)59-46-44(52)42(50)41(49)43(51)45(46)53)36-56-39(47)34-32-30-28-26-24-22-18-16-14-12-10-8-6-4-2/h5,7,11,13,17,19,21,23,38,41-46,49-53H,3-4,6,8-10,12,14-16,18,20,22,24-37H2,1-2H3,(H,54,55). The summed E-state index contributed by atoms with van der Waals surface area (Å²) in [7, 11) is -5.12. The molecule has 0 aromatic heterocycles. The SMILES string of the molecule is CCC=CCC=CCC=CCC=CCCCCCCC(=O)OC(COC(=O)CCCCCCCCCCCCCCCC)COP(=O)(O)OC1C(O)C(O)C(O)C(O)C1O. The Morgan fingerprint density at radius 1 is 0.533 bits per heavy atom. The Balaban J connectivity index is 2.48. The molecule has 1 aliphatic rings. The minimum atomic E-state index is -5.12. The van der Waals surface area contributed by atoms with Crippen LogP contribution in [0.2, 0.25) is 0 Å². The van der Waals surface area contributed by atoms with Crippen LogP contribution in [0.25, 0.3) is 0 Å². The van der Waals surface area contributed by atoms with Crippen molar-refractivity contribution in [2.75, 3.05) is 13.2 Å². The number of hydrogen-bond donors (Lipinski definition) is 6. The summed E-state index contributed by atoms with van der Waals surface area (Å²) in [6.07, 6.45) is 28.8. The van der Waals surface area contributed by atoms with Gasteiger partial charge in [-0.15, -0.1) is 0 Å². The predicted octanol–water partition coefficient (Wildman–Crippen LogP) is 8.78. The molecular weight excluding hydrogens is 791 g/mol. The Kier molecular flexibility index (Phi) is 33.8. The number of carbonyl (C=O) groups excluding carboxylic acids is 2. The van der Waals surface area contributed by atoms with Gasteiger partial charge in [0, 0.05) is 12.8 Å². The zero-order chi connectivity index (χ0) is 44.3.